The van der Waals surface area contributed by atoms with Crippen molar-refractivity contribution in [2.75, 3.05) is 25.6 Å². The summed E-state index contributed by atoms with van der Waals surface area (Å²) in [6.45, 7) is -0.306. The standard InChI is InChI=1S/C13H14ClF2N3O2/c1-4-19(2)11-7-5-9(20-3)10(21-13(15)16)6-8(7)17-12(14)18-11/h5-6,13H,4H2,1-3H3. The van der Waals surface area contributed by atoms with Gasteiger partial charge in [0.15, 0.2) is 11.5 Å². The summed E-state index contributed by atoms with van der Waals surface area (Å²) in [6, 6.07) is 2.92. The van der Waals surface area contributed by atoms with Crippen molar-refractivity contribution in [1.82, 2.24) is 9.97 Å². The first-order valence-electron chi connectivity index (χ1n) is 6.17. The highest BCUT2D eigenvalue weighted by atomic mass is 35.5. The van der Waals surface area contributed by atoms with E-state index in [-0.39, 0.29) is 16.8 Å². The van der Waals surface area contributed by atoms with Crippen LogP contribution in [0.25, 0.3) is 10.9 Å². The van der Waals surface area contributed by atoms with Gasteiger partial charge >= 0.3 is 6.61 Å². The van der Waals surface area contributed by atoms with Gasteiger partial charge < -0.3 is 14.4 Å². The van der Waals surface area contributed by atoms with Gasteiger partial charge in [-0.05, 0) is 24.6 Å². The number of alkyl halides is 2. The summed E-state index contributed by atoms with van der Waals surface area (Å²) >= 11 is 5.89. The molecule has 8 heteroatoms. The predicted molar refractivity (Wildman–Crippen MR) is 76.7 cm³/mol. The summed E-state index contributed by atoms with van der Waals surface area (Å²) in [5.41, 5.74) is 0.404. The molecular formula is C13H14ClF2N3O2. The summed E-state index contributed by atoms with van der Waals surface area (Å²) in [4.78, 5) is 10.1. The molecule has 1 aromatic carbocycles. The van der Waals surface area contributed by atoms with E-state index in [0.29, 0.717) is 23.3 Å². The second kappa shape index (κ2) is 6.26. The highest BCUT2D eigenvalue weighted by Gasteiger charge is 2.17. The molecule has 1 aromatic heterocycles. The number of methoxy groups -OCH3 is 1. The van der Waals surface area contributed by atoms with Gasteiger partial charge in [-0.25, -0.2) is 4.98 Å². The molecule has 0 aliphatic heterocycles. The van der Waals surface area contributed by atoms with Gasteiger partial charge in [0.2, 0.25) is 5.28 Å². The van der Waals surface area contributed by atoms with Crippen LogP contribution in [0.3, 0.4) is 0 Å². The van der Waals surface area contributed by atoms with Gasteiger partial charge in [0, 0.05) is 25.0 Å². The minimum Gasteiger partial charge on any atom is -0.493 e. The zero-order valence-corrected chi connectivity index (χ0v) is 12.5. The van der Waals surface area contributed by atoms with Gasteiger partial charge in [0.05, 0.1) is 12.6 Å². The number of benzene rings is 1. The van der Waals surface area contributed by atoms with E-state index in [2.05, 4.69) is 14.7 Å². The highest BCUT2D eigenvalue weighted by molar-refractivity contribution is 6.28. The molecule has 2 aromatic rings. The summed E-state index contributed by atoms with van der Waals surface area (Å²) in [5, 5.41) is 0.674. The normalized spacial score (nSPS) is 11.0. The van der Waals surface area contributed by atoms with Crippen molar-refractivity contribution in [3.8, 4) is 11.5 Å². The number of hydrogen-bond donors (Lipinski definition) is 0. The van der Waals surface area contributed by atoms with Crippen LogP contribution in [-0.2, 0) is 0 Å². The smallest absolute Gasteiger partial charge is 0.387 e. The molecule has 0 radical (unpaired) electrons. The number of fused-ring (bicyclic) bond motifs is 1. The van der Waals surface area contributed by atoms with E-state index in [9.17, 15) is 8.78 Å². The average Bonchev–Trinajstić information content (AvgIpc) is 2.44. The molecule has 21 heavy (non-hydrogen) atoms. The maximum atomic E-state index is 12.4. The summed E-state index contributed by atoms with van der Waals surface area (Å²) < 4.78 is 34.4. The highest BCUT2D eigenvalue weighted by Crippen LogP contribution is 2.36. The lowest BCUT2D eigenvalue weighted by molar-refractivity contribution is -0.0511. The van der Waals surface area contributed by atoms with Crippen LogP contribution in [-0.4, -0.2) is 37.3 Å². The summed E-state index contributed by atoms with van der Waals surface area (Å²) in [5.74, 6) is 0.675. The first-order chi connectivity index (χ1) is 9.96. The molecule has 1 heterocycles. The zero-order chi connectivity index (χ0) is 15.6. The third-order valence-electron chi connectivity index (χ3n) is 2.99. The van der Waals surface area contributed by atoms with E-state index >= 15 is 0 Å². The van der Waals surface area contributed by atoms with Crippen molar-refractivity contribution in [3.63, 3.8) is 0 Å². The maximum absolute atomic E-state index is 12.4. The van der Waals surface area contributed by atoms with Crippen LogP contribution in [0, 0.1) is 0 Å². The Morgan fingerprint density at radius 1 is 1.29 bits per heavy atom. The second-order valence-corrected chi connectivity index (χ2v) is 4.57. The first kappa shape index (κ1) is 15.5. The average molecular weight is 318 g/mol. The third-order valence-corrected chi connectivity index (χ3v) is 3.15. The van der Waals surface area contributed by atoms with Crippen molar-refractivity contribution < 1.29 is 18.3 Å². The maximum Gasteiger partial charge on any atom is 0.387 e. The molecule has 114 valence electrons. The van der Waals surface area contributed by atoms with Crippen LogP contribution < -0.4 is 14.4 Å². The largest absolute Gasteiger partial charge is 0.493 e. The van der Waals surface area contributed by atoms with Gasteiger partial charge in [0.25, 0.3) is 0 Å². The van der Waals surface area contributed by atoms with Gasteiger partial charge in [0.1, 0.15) is 5.82 Å². The Labute approximate surface area is 125 Å². The van der Waals surface area contributed by atoms with Gasteiger partial charge in [-0.2, -0.15) is 13.8 Å². The molecule has 0 spiro atoms. The fraction of sp³-hybridized carbons (Fsp3) is 0.385. The van der Waals surface area contributed by atoms with E-state index < -0.39 is 6.61 Å². The number of rotatable bonds is 5. The molecule has 0 aliphatic rings. The van der Waals surface area contributed by atoms with Crippen molar-refractivity contribution >= 4 is 28.3 Å². The number of aromatic nitrogens is 2. The molecule has 0 atom stereocenters. The Kier molecular flexibility index (Phi) is 4.62. The van der Waals surface area contributed by atoms with E-state index in [0.717, 1.165) is 0 Å². The Balaban J connectivity index is 2.68. The molecule has 0 fully saturated rings. The Morgan fingerprint density at radius 3 is 2.57 bits per heavy atom. The van der Waals surface area contributed by atoms with E-state index in [4.69, 9.17) is 16.3 Å². The van der Waals surface area contributed by atoms with E-state index in [1.807, 2.05) is 18.9 Å². The van der Waals surface area contributed by atoms with Crippen molar-refractivity contribution in [2.24, 2.45) is 0 Å². The zero-order valence-electron chi connectivity index (χ0n) is 11.7. The number of anilines is 1. The number of halogens is 3. The molecule has 0 unspecified atom stereocenters. The Bertz CT molecular complexity index is 655. The van der Waals surface area contributed by atoms with Crippen molar-refractivity contribution in [3.05, 3.63) is 17.4 Å². The molecule has 0 N–H and O–H groups in total. The summed E-state index contributed by atoms with van der Waals surface area (Å²) in [6.07, 6.45) is 0. The lowest BCUT2D eigenvalue weighted by Crippen LogP contribution is -2.18. The topological polar surface area (TPSA) is 47.5 Å². The van der Waals surface area contributed by atoms with E-state index in [1.165, 1.54) is 13.2 Å². The quantitative estimate of drug-likeness (QED) is 0.791. The summed E-state index contributed by atoms with van der Waals surface area (Å²) in [7, 11) is 3.22. The fourth-order valence-corrected chi connectivity index (χ4v) is 2.05. The Morgan fingerprint density at radius 2 is 2.00 bits per heavy atom. The molecule has 5 nitrogen and oxygen atoms in total. The molecule has 0 saturated carbocycles. The van der Waals surface area contributed by atoms with Gasteiger partial charge in [-0.15, -0.1) is 0 Å². The molecular weight excluding hydrogens is 304 g/mol. The molecule has 0 bridgehead atoms. The molecule has 2 rings (SSSR count). The van der Waals surface area contributed by atoms with Gasteiger partial charge in [-0.1, -0.05) is 0 Å². The van der Waals surface area contributed by atoms with Crippen LogP contribution in [0.2, 0.25) is 5.28 Å². The lowest BCUT2D eigenvalue weighted by Gasteiger charge is -2.19. The monoisotopic (exact) mass is 317 g/mol. The van der Waals surface area contributed by atoms with Gasteiger partial charge in [-0.3, -0.25) is 0 Å². The predicted octanol–water partition coefficient (Wildman–Crippen LogP) is 3.35. The fourth-order valence-electron chi connectivity index (χ4n) is 1.88. The Hall–Kier alpha value is -1.89. The van der Waals surface area contributed by atoms with Crippen LogP contribution in [0.4, 0.5) is 14.6 Å². The molecule has 0 saturated heterocycles. The van der Waals surface area contributed by atoms with Crippen molar-refractivity contribution in [1.29, 1.82) is 0 Å². The SMILES string of the molecule is CCN(C)c1nc(Cl)nc2cc(OC(F)F)c(OC)cc12. The minimum atomic E-state index is -2.95. The second-order valence-electron chi connectivity index (χ2n) is 4.23. The van der Waals surface area contributed by atoms with Crippen LogP contribution in [0.15, 0.2) is 12.1 Å². The number of hydrogen-bond acceptors (Lipinski definition) is 5. The minimum absolute atomic E-state index is 0.0333. The third kappa shape index (κ3) is 3.24. The number of nitrogens with zero attached hydrogens (tertiary/aromatic N) is 3. The molecule has 0 aliphatic carbocycles. The van der Waals surface area contributed by atoms with Crippen LogP contribution in [0.5, 0.6) is 11.5 Å². The molecule has 0 amide bonds. The van der Waals surface area contributed by atoms with Crippen molar-refractivity contribution in [2.45, 2.75) is 13.5 Å². The van der Waals surface area contributed by atoms with Crippen LogP contribution in [0.1, 0.15) is 6.92 Å². The lowest BCUT2D eigenvalue weighted by atomic mass is 10.2. The van der Waals surface area contributed by atoms with Crippen LogP contribution >= 0.6 is 11.6 Å². The van der Waals surface area contributed by atoms with E-state index in [1.54, 1.807) is 6.07 Å². The number of ether oxygens (including phenoxy) is 2. The first-order valence-corrected chi connectivity index (χ1v) is 6.55.